The van der Waals surface area contributed by atoms with E-state index in [0.717, 1.165) is 11.3 Å². The lowest BCUT2D eigenvalue weighted by Gasteiger charge is -2.19. The summed E-state index contributed by atoms with van der Waals surface area (Å²) < 4.78 is 5.92. The van der Waals surface area contributed by atoms with Gasteiger partial charge in [-0.2, -0.15) is 0 Å². The van der Waals surface area contributed by atoms with E-state index in [4.69, 9.17) is 4.74 Å². The highest BCUT2D eigenvalue weighted by atomic mass is 16.5. The molecule has 1 unspecified atom stereocenters. The van der Waals surface area contributed by atoms with Crippen LogP contribution in [0.2, 0.25) is 0 Å². The van der Waals surface area contributed by atoms with E-state index in [1.807, 2.05) is 91.0 Å². The van der Waals surface area contributed by atoms with Crippen LogP contribution in [-0.4, -0.2) is 5.91 Å². The van der Waals surface area contributed by atoms with Crippen molar-refractivity contribution in [1.82, 2.24) is 0 Å². The van der Waals surface area contributed by atoms with E-state index in [1.165, 1.54) is 0 Å². The zero-order valence-corrected chi connectivity index (χ0v) is 12.6. The molecular formula is C20H17NO2. The van der Waals surface area contributed by atoms with Gasteiger partial charge in [-0.05, 0) is 24.3 Å². The van der Waals surface area contributed by atoms with Crippen LogP contribution in [0.15, 0.2) is 91.0 Å². The van der Waals surface area contributed by atoms with Gasteiger partial charge in [0.15, 0.2) is 0 Å². The van der Waals surface area contributed by atoms with Crippen molar-refractivity contribution in [1.29, 1.82) is 0 Å². The van der Waals surface area contributed by atoms with E-state index in [2.05, 4.69) is 5.32 Å². The number of para-hydroxylation sites is 2. The molecule has 3 aromatic rings. The number of carbonyl (C=O) groups is 1. The number of hydrogen-bond donors (Lipinski definition) is 1. The average molecular weight is 303 g/mol. The summed E-state index contributed by atoms with van der Waals surface area (Å²) in [6, 6.07) is 28.2. The van der Waals surface area contributed by atoms with Gasteiger partial charge in [-0.25, -0.2) is 0 Å². The molecule has 0 aliphatic heterocycles. The van der Waals surface area contributed by atoms with Crippen molar-refractivity contribution < 1.29 is 9.53 Å². The van der Waals surface area contributed by atoms with E-state index in [0.29, 0.717) is 5.75 Å². The number of anilines is 1. The average Bonchev–Trinajstić information content (AvgIpc) is 2.62. The Morgan fingerprint density at radius 3 is 1.87 bits per heavy atom. The van der Waals surface area contributed by atoms with Crippen LogP contribution in [0.1, 0.15) is 11.7 Å². The van der Waals surface area contributed by atoms with Crippen molar-refractivity contribution in [3.63, 3.8) is 0 Å². The molecule has 0 aromatic heterocycles. The van der Waals surface area contributed by atoms with Crippen LogP contribution in [0.4, 0.5) is 5.69 Å². The molecule has 3 rings (SSSR count). The Morgan fingerprint density at radius 2 is 1.26 bits per heavy atom. The first-order valence-electron chi connectivity index (χ1n) is 7.45. The van der Waals surface area contributed by atoms with Crippen molar-refractivity contribution >= 4 is 11.6 Å². The molecule has 114 valence electrons. The molecular weight excluding hydrogens is 286 g/mol. The normalized spacial score (nSPS) is 11.5. The maximum Gasteiger partial charge on any atom is 0.270 e. The lowest BCUT2D eigenvalue weighted by molar-refractivity contribution is -0.123. The van der Waals surface area contributed by atoms with Crippen LogP contribution in [-0.2, 0) is 4.79 Å². The van der Waals surface area contributed by atoms with Gasteiger partial charge in [0.05, 0.1) is 0 Å². The van der Waals surface area contributed by atoms with Crippen LogP contribution in [0.25, 0.3) is 0 Å². The summed E-state index contributed by atoms with van der Waals surface area (Å²) in [6.45, 7) is 0. The van der Waals surface area contributed by atoms with Crippen LogP contribution in [0.3, 0.4) is 0 Å². The molecule has 0 heterocycles. The summed E-state index contributed by atoms with van der Waals surface area (Å²) in [5.41, 5.74) is 1.56. The number of hydrogen-bond acceptors (Lipinski definition) is 2. The molecule has 0 saturated carbocycles. The van der Waals surface area contributed by atoms with E-state index in [1.54, 1.807) is 0 Å². The first kappa shape index (κ1) is 14.9. The van der Waals surface area contributed by atoms with Crippen LogP contribution >= 0.6 is 0 Å². The van der Waals surface area contributed by atoms with E-state index in [9.17, 15) is 4.79 Å². The Morgan fingerprint density at radius 1 is 0.739 bits per heavy atom. The fraction of sp³-hybridized carbons (Fsp3) is 0.0500. The van der Waals surface area contributed by atoms with Gasteiger partial charge < -0.3 is 10.1 Å². The van der Waals surface area contributed by atoms with Crippen LogP contribution in [0, 0.1) is 0 Å². The van der Waals surface area contributed by atoms with Crippen molar-refractivity contribution in [2.24, 2.45) is 0 Å². The van der Waals surface area contributed by atoms with Gasteiger partial charge in [0.25, 0.3) is 5.91 Å². The predicted octanol–water partition coefficient (Wildman–Crippen LogP) is 4.45. The Hall–Kier alpha value is -3.07. The zero-order valence-electron chi connectivity index (χ0n) is 12.6. The second-order valence-corrected chi connectivity index (χ2v) is 5.08. The SMILES string of the molecule is O=C(Nc1ccccc1)C(Oc1ccccc1)c1ccccc1. The van der Waals surface area contributed by atoms with Crippen LogP contribution in [0.5, 0.6) is 5.75 Å². The second kappa shape index (κ2) is 7.27. The summed E-state index contributed by atoms with van der Waals surface area (Å²) in [6.07, 6.45) is -0.709. The van der Waals surface area contributed by atoms with Crippen molar-refractivity contribution in [2.75, 3.05) is 5.32 Å². The van der Waals surface area contributed by atoms with Gasteiger partial charge in [0.2, 0.25) is 6.10 Å². The molecule has 0 saturated heterocycles. The highest BCUT2D eigenvalue weighted by Gasteiger charge is 2.22. The van der Waals surface area contributed by atoms with Gasteiger partial charge in [0, 0.05) is 11.3 Å². The van der Waals surface area contributed by atoms with Crippen LogP contribution < -0.4 is 10.1 Å². The lowest BCUT2D eigenvalue weighted by atomic mass is 10.1. The monoisotopic (exact) mass is 303 g/mol. The topological polar surface area (TPSA) is 38.3 Å². The molecule has 0 spiro atoms. The summed E-state index contributed by atoms with van der Waals surface area (Å²) in [7, 11) is 0. The summed E-state index contributed by atoms with van der Waals surface area (Å²) in [4.78, 5) is 12.7. The number of nitrogens with one attached hydrogen (secondary N) is 1. The minimum Gasteiger partial charge on any atom is -0.476 e. The van der Waals surface area contributed by atoms with Gasteiger partial charge in [0.1, 0.15) is 5.75 Å². The molecule has 0 fully saturated rings. The Labute approximate surface area is 135 Å². The Balaban J connectivity index is 1.84. The third-order valence-corrected chi connectivity index (χ3v) is 3.38. The number of benzene rings is 3. The van der Waals surface area contributed by atoms with Crippen molar-refractivity contribution in [3.8, 4) is 5.75 Å². The molecule has 3 heteroatoms. The van der Waals surface area contributed by atoms with Crippen molar-refractivity contribution in [3.05, 3.63) is 96.6 Å². The van der Waals surface area contributed by atoms with Crippen molar-refractivity contribution in [2.45, 2.75) is 6.10 Å². The number of rotatable bonds is 5. The zero-order chi connectivity index (χ0) is 15.9. The molecule has 23 heavy (non-hydrogen) atoms. The summed E-state index contributed by atoms with van der Waals surface area (Å²) in [5.74, 6) is 0.454. The molecule has 0 radical (unpaired) electrons. The maximum absolute atomic E-state index is 12.7. The first-order valence-corrected chi connectivity index (χ1v) is 7.45. The predicted molar refractivity (Wildman–Crippen MR) is 91.3 cm³/mol. The summed E-state index contributed by atoms with van der Waals surface area (Å²) >= 11 is 0. The molecule has 0 bridgehead atoms. The molecule has 1 N–H and O–H groups in total. The van der Waals surface area contributed by atoms with Gasteiger partial charge in [-0.3, -0.25) is 4.79 Å². The molecule has 1 amide bonds. The fourth-order valence-corrected chi connectivity index (χ4v) is 2.27. The van der Waals surface area contributed by atoms with E-state index >= 15 is 0 Å². The minimum absolute atomic E-state index is 0.203. The fourth-order valence-electron chi connectivity index (χ4n) is 2.27. The quantitative estimate of drug-likeness (QED) is 0.756. The second-order valence-electron chi connectivity index (χ2n) is 5.08. The van der Waals surface area contributed by atoms with Gasteiger partial charge >= 0.3 is 0 Å². The number of amides is 1. The number of carbonyl (C=O) groups excluding carboxylic acids is 1. The largest absolute Gasteiger partial charge is 0.476 e. The maximum atomic E-state index is 12.7. The highest BCUT2D eigenvalue weighted by Crippen LogP contribution is 2.23. The molecule has 0 aliphatic rings. The lowest BCUT2D eigenvalue weighted by Crippen LogP contribution is -2.25. The third-order valence-electron chi connectivity index (χ3n) is 3.38. The van der Waals surface area contributed by atoms with E-state index in [-0.39, 0.29) is 5.91 Å². The molecule has 3 aromatic carbocycles. The summed E-state index contributed by atoms with van der Waals surface area (Å²) in [5, 5.41) is 2.90. The Bertz CT molecular complexity index is 742. The highest BCUT2D eigenvalue weighted by molar-refractivity contribution is 5.95. The third kappa shape index (κ3) is 3.98. The van der Waals surface area contributed by atoms with Gasteiger partial charge in [-0.1, -0.05) is 66.7 Å². The molecule has 0 aliphatic carbocycles. The van der Waals surface area contributed by atoms with E-state index < -0.39 is 6.10 Å². The standard InChI is InChI=1S/C20H17NO2/c22-20(21-17-12-6-2-7-13-17)19(16-10-4-1-5-11-16)23-18-14-8-3-9-15-18/h1-15,19H,(H,21,22). The Kier molecular flexibility index (Phi) is 4.69. The minimum atomic E-state index is -0.709. The first-order chi connectivity index (χ1) is 11.3. The number of ether oxygens (including phenoxy) is 1. The molecule has 1 atom stereocenters. The van der Waals surface area contributed by atoms with Gasteiger partial charge in [-0.15, -0.1) is 0 Å². The smallest absolute Gasteiger partial charge is 0.270 e. The molecule has 3 nitrogen and oxygen atoms in total.